The SMILES string of the molecule is COc1ccc(C2=CCC=C3C=CC(Br)=CN32)cc1. The molecule has 3 rings (SSSR count). The van der Waals surface area contributed by atoms with E-state index in [1.165, 1.54) is 17.0 Å². The minimum absolute atomic E-state index is 0.881. The van der Waals surface area contributed by atoms with Crippen LogP contribution in [-0.4, -0.2) is 12.0 Å². The van der Waals surface area contributed by atoms with E-state index in [-0.39, 0.29) is 0 Å². The second-order valence-electron chi connectivity index (χ2n) is 4.40. The van der Waals surface area contributed by atoms with E-state index < -0.39 is 0 Å². The van der Waals surface area contributed by atoms with Crippen molar-refractivity contribution in [2.24, 2.45) is 0 Å². The fourth-order valence-corrected chi connectivity index (χ4v) is 2.61. The molecule has 2 aliphatic rings. The monoisotopic (exact) mass is 315 g/mol. The van der Waals surface area contributed by atoms with Gasteiger partial charge in [-0.25, -0.2) is 0 Å². The minimum atomic E-state index is 0.881. The van der Waals surface area contributed by atoms with Crippen molar-refractivity contribution < 1.29 is 4.74 Å². The molecule has 1 aromatic rings. The van der Waals surface area contributed by atoms with Gasteiger partial charge in [-0.05, 0) is 64.3 Å². The van der Waals surface area contributed by atoms with Gasteiger partial charge < -0.3 is 9.64 Å². The first-order chi connectivity index (χ1) is 9.28. The van der Waals surface area contributed by atoms with Gasteiger partial charge in [0.25, 0.3) is 0 Å². The number of nitrogens with zero attached hydrogens (tertiary/aromatic N) is 1. The second kappa shape index (κ2) is 5.10. The maximum atomic E-state index is 5.21. The molecule has 0 amide bonds. The molecular weight excluding hydrogens is 302 g/mol. The van der Waals surface area contributed by atoms with E-state index in [1.54, 1.807) is 7.11 Å². The Morgan fingerprint density at radius 3 is 2.63 bits per heavy atom. The van der Waals surface area contributed by atoms with Crippen LogP contribution in [0, 0.1) is 0 Å². The molecular formula is C16H14BrNO. The summed E-state index contributed by atoms with van der Waals surface area (Å²) in [7, 11) is 1.69. The van der Waals surface area contributed by atoms with Crippen LogP contribution >= 0.6 is 15.9 Å². The Hall–Kier alpha value is -1.74. The van der Waals surface area contributed by atoms with Crippen molar-refractivity contribution >= 4 is 21.6 Å². The molecule has 0 spiro atoms. The van der Waals surface area contributed by atoms with Crippen LogP contribution in [0.4, 0.5) is 0 Å². The molecule has 2 heterocycles. The highest BCUT2D eigenvalue weighted by Crippen LogP contribution is 2.33. The lowest BCUT2D eigenvalue weighted by Crippen LogP contribution is -2.18. The van der Waals surface area contributed by atoms with Crippen molar-refractivity contribution in [2.45, 2.75) is 6.42 Å². The zero-order valence-corrected chi connectivity index (χ0v) is 12.2. The number of hydrogen-bond donors (Lipinski definition) is 0. The van der Waals surface area contributed by atoms with E-state index >= 15 is 0 Å². The first-order valence-electron chi connectivity index (χ1n) is 6.17. The van der Waals surface area contributed by atoms with Gasteiger partial charge in [0.05, 0.1) is 7.11 Å². The second-order valence-corrected chi connectivity index (χ2v) is 5.32. The summed E-state index contributed by atoms with van der Waals surface area (Å²) >= 11 is 3.53. The number of fused-ring (bicyclic) bond motifs is 1. The fourth-order valence-electron chi connectivity index (χ4n) is 2.27. The minimum Gasteiger partial charge on any atom is -0.497 e. The summed E-state index contributed by atoms with van der Waals surface area (Å²) in [6.45, 7) is 0. The van der Waals surface area contributed by atoms with Crippen molar-refractivity contribution in [2.75, 3.05) is 7.11 Å². The first-order valence-corrected chi connectivity index (χ1v) is 6.96. The normalized spacial score (nSPS) is 17.4. The van der Waals surface area contributed by atoms with E-state index in [9.17, 15) is 0 Å². The van der Waals surface area contributed by atoms with Crippen molar-refractivity contribution in [3.63, 3.8) is 0 Å². The third kappa shape index (κ3) is 2.38. The summed E-state index contributed by atoms with van der Waals surface area (Å²) in [5, 5.41) is 0. The van der Waals surface area contributed by atoms with Crippen molar-refractivity contribution in [3.05, 3.63) is 70.5 Å². The standard InChI is InChI=1S/C16H14BrNO/c1-19-15-9-5-12(6-10-15)16-4-2-3-14-8-7-13(17)11-18(14)16/h3-11H,2H2,1H3. The van der Waals surface area contributed by atoms with Crippen LogP contribution in [0.1, 0.15) is 12.0 Å². The predicted octanol–water partition coefficient (Wildman–Crippen LogP) is 4.43. The van der Waals surface area contributed by atoms with E-state index in [2.05, 4.69) is 63.5 Å². The lowest BCUT2D eigenvalue weighted by Gasteiger charge is -2.30. The van der Waals surface area contributed by atoms with Gasteiger partial charge in [-0.1, -0.05) is 12.2 Å². The van der Waals surface area contributed by atoms with E-state index in [1.807, 2.05) is 12.1 Å². The molecule has 0 aromatic heterocycles. The third-order valence-corrected chi connectivity index (χ3v) is 3.70. The van der Waals surface area contributed by atoms with Crippen LogP contribution in [0.15, 0.2) is 64.9 Å². The average molecular weight is 316 g/mol. The molecule has 1 aromatic carbocycles. The van der Waals surface area contributed by atoms with Gasteiger partial charge in [-0.2, -0.15) is 0 Å². The molecule has 96 valence electrons. The highest BCUT2D eigenvalue weighted by molar-refractivity contribution is 9.11. The number of methoxy groups -OCH3 is 1. The van der Waals surface area contributed by atoms with Crippen LogP contribution in [0.3, 0.4) is 0 Å². The van der Waals surface area contributed by atoms with Crippen LogP contribution in [0.5, 0.6) is 5.75 Å². The predicted molar refractivity (Wildman–Crippen MR) is 81.7 cm³/mol. The zero-order valence-electron chi connectivity index (χ0n) is 10.6. The van der Waals surface area contributed by atoms with Gasteiger partial charge in [0, 0.05) is 22.1 Å². The molecule has 2 nitrogen and oxygen atoms in total. The highest BCUT2D eigenvalue weighted by Gasteiger charge is 2.18. The molecule has 0 saturated heterocycles. The molecule has 0 bridgehead atoms. The molecule has 2 aliphatic heterocycles. The molecule has 19 heavy (non-hydrogen) atoms. The smallest absolute Gasteiger partial charge is 0.118 e. The summed E-state index contributed by atoms with van der Waals surface area (Å²) in [6, 6.07) is 8.17. The molecule has 0 unspecified atom stereocenters. The number of hydrogen-bond acceptors (Lipinski definition) is 2. The summed E-state index contributed by atoms with van der Waals surface area (Å²) in [4.78, 5) is 2.20. The van der Waals surface area contributed by atoms with Gasteiger partial charge in [0.2, 0.25) is 0 Å². The molecule has 0 radical (unpaired) electrons. The topological polar surface area (TPSA) is 12.5 Å². The van der Waals surface area contributed by atoms with Crippen molar-refractivity contribution in [3.8, 4) is 5.75 Å². The van der Waals surface area contributed by atoms with Gasteiger partial charge in [-0.3, -0.25) is 0 Å². The number of rotatable bonds is 2. The number of allylic oxidation sites excluding steroid dienone is 5. The Kier molecular flexibility index (Phi) is 3.30. The summed E-state index contributed by atoms with van der Waals surface area (Å²) in [5.41, 5.74) is 3.62. The largest absolute Gasteiger partial charge is 0.497 e. The van der Waals surface area contributed by atoms with Crippen molar-refractivity contribution in [1.82, 2.24) is 4.90 Å². The van der Waals surface area contributed by atoms with Crippen LogP contribution in [-0.2, 0) is 0 Å². The Morgan fingerprint density at radius 1 is 1.11 bits per heavy atom. The first kappa shape index (κ1) is 12.3. The van der Waals surface area contributed by atoms with Crippen LogP contribution in [0.2, 0.25) is 0 Å². The molecule has 0 saturated carbocycles. The van der Waals surface area contributed by atoms with Crippen LogP contribution in [0.25, 0.3) is 5.70 Å². The molecule has 0 fully saturated rings. The lowest BCUT2D eigenvalue weighted by molar-refractivity contribution is 0.414. The van der Waals surface area contributed by atoms with E-state index in [0.717, 1.165) is 16.7 Å². The maximum Gasteiger partial charge on any atom is 0.118 e. The Bertz CT molecular complexity index is 608. The molecule has 0 aliphatic carbocycles. The average Bonchev–Trinajstić information content (AvgIpc) is 2.47. The number of halogens is 1. The molecule has 0 N–H and O–H groups in total. The number of ether oxygens (including phenoxy) is 1. The Balaban J connectivity index is 1.96. The van der Waals surface area contributed by atoms with Gasteiger partial charge in [0.1, 0.15) is 5.75 Å². The van der Waals surface area contributed by atoms with Crippen molar-refractivity contribution in [1.29, 1.82) is 0 Å². The lowest BCUT2D eigenvalue weighted by atomic mass is 10.0. The maximum absolute atomic E-state index is 5.21. The van der Waals surface area contributed by atoms with Gasteiger partial charge in [0.15, 0.2) is 0 Å². The summed E-state index contributed by atoms with van der Waals surface area (Å²) in [5.74, 6) is 0.881. The quantitative estimate of drug-likeness (QED) is 0.800. The molecule has 0 atom stereocenters. The van der Waals surface area contributed by atoms with E-state index in [0.29, 0.717) is 0 Å². The summed E-state index contributed by atoms with van der Waals surface area (Å²) < 4.78 is 6.28. The fraction of sp³-hybridized carbons (Fsp3) is 0.125. The summed E-state index contributed by atoms with van der Waals surface area (Å²) in [6.07, 6.45) is 11.7. The number of benzene rings is 1. The zero-order chi connectivity index (χ0) is 13.2. The Morgan fingerprint density at radius 2 is 1.89 bits per heavy atom. The van der Waals surface area contributed by atoms with Gasteiger partial charge >= 0.3 is 0 Å². The third-order valence-electron chi connectivity index (χ3n) is 3.23. The Labute approximate surface area is 121 Å². The van der Waals surface area contributed by atoms with Crippen LogP contribution < -0.4 is 4.74 Å². The van der Waals surface area contributed by atoms with Gasteiger partial charge in [-0.15, -0.1) is 0 Å². The highest BCUT2D eigenvalue weighted by atomic mass is 79.9. The van der Waals surface area contributed by atoms with E-state index in [4.69, 9.17) is 4.74 Å². The molecule has 3 heteroatoms.